The number of anilines is 3. The molecule has 1 amide bonds. The summed E-state index contributed by atoms with van der Waals surface area (Å²) in [5.41, 5.74) is 7.51. The third-order valence-electron chi connectivity index (χ3n) is 7.06. The molecule has 1 fully saturated rings. The van der Waals surface area contributed by atoms with Crippen molar-refractivity contribution in [1.82, 2.24) is 0 Å². The zero-order valence-corrected chi connectivity index (χ0v) is 22.3. The van der Waals surface area contributed by atoms with Crippen LogP contribution in [0, 0.1) is 6.92 Å². The molecule has 0 saturated carbocycles. The number of carbonyl (C=O) groups is 2. The summed E-state index contributed by atoms with van der Waals surface area (Å²) in [4.78, 5) is 29.4. The van der Waals surface area contributed by atoms with Crippen LogP contribution in [0.15, 0.2) is 103 Å². The fraction of sp³-hybridized carbons (Fsp3) is 0.125. The Labute approximate surface area is 232 Å². The van der Waals surface area contributed by atoms with Crippen molar-refractivity contribution in [3.8, 4) is 11.5 Å². The Hall–Kier alpha value is -5.24. The lowest BCUT2D eigenvalue weighted by atomic mass is 9.87. The van der Waals surface area contributed by atoms with Gasteiger partial charge in [-0.3, -0.25) is 14.5 Å². The van der Waals surface area contributed by atoms with Gasteiger partial charge in [-0.2, -0.15) is 0 Å². The Bertz CT molecular complexity index is 1610. The molecule has 1 aliphatic rings. The van der Waals surface area contributed by atoms with E-state index >= 15 is 0 Å². The number of hydrogen-bond acceptors (Lipinski definition) is 7. The number of rotatable bonds is 7. The van der Waals surface area contributed by atoms with Gasteiger partial charge in [-0.15, -0.1) is 0 Å². The maximum Gasteiger partial charge on any atom is 0.301 e. The third kappa shape index (κ3) is 4.29. The fourth-order valence-corrected chi connectivity index (χ4v) is 5.02. The van der Waals surface area contributed by atoms with Crippen molar-refractivity contribution < 1.29 is 24.2 Å². The van der Waals surface area contributed by atoms with Gasteiger partial charge in [-0.05, 0) is 67.1 Å². The molecule has 4 N–H and O–H groups in total. The maximum absolute atomic E-state index is 14.0. The number of carbonyl (C=O) groups excluding carboxylic acids is 2. The lowest BCUT2D eigenvalue weighted by Crippen LogP contribution is -2.51. The molecular formula is C32H29N3O5. The van der Waals surface area contributed by atoms with Gasteiger partial charge in [0.2, 0.25) is 0 Å². The smallest absolute Gasteiger partial charge is 0.301 e. The van der Waals surface area contributed by atoms with E-state index in [9.17, 15) is 14.7 Å². The number of aliphatic hydroxyl groups excluding tert-OH is 1. The lowest BCUT2D eigenvalue weighted by Gasteiger charge is -2.41. The first-order chi connectivity index (χ1) is 19.3. The van der Waals surface area contributed by atoms with Crippen molar-refractivity contribution in [2.75, 3.05) is 30.2 Å². The minimum Gasteiger partial charge on any atom is -0.507 e. The van der Waals surface area contributed by atoms with Gasteiger partial charge >= 0.3 is 5.91 Å². The zero-order valence-electron chi connectivity index (χ0n) is 22.3. The number of para-hydroxylation sites is 3. The first-order valence-corrected chi connectivity index (χ1v) is 12.6. The first kappa shape index (κ1) is 26.4. The molecule has 40 heavy (non-hydrogen) atoms. The van der Waals surface area contributed by atoms with Crippen LogP contribution in [0.25, 0.3) is 5.76 Å². The molecule has 1 aliphatic heterocycles. The fourth-order valence-electron chi connectivity index (χ4n) is 5.02. The van der Waals surface area contributed by atoms with E-state index in [1.54, 1.807) is 92.0 Å². The van der Waals surface area contributed by atoms with Crippen LogP contribution in [-0.2, 0) is 15.3 Å². The van der Waals surface area contributed by atoms with E-state index in [0.717, 1.165) is 5.56 Å². The van der Waals surface area contributed by atoms with Gasteiger partial charge in [0, 0.05) is 11.1 Å². The Balaban J connectivity index is 1.89. The average molecular weight is 536 g/mol. The molecule has 0 bridgehead atoms. The van der Waals surface area contributed by atoms with Gasteiger partial charge in [0.1, 0.15) is 17.3 Å². The van der Waals surface area contributed by atoms with Crippen molar-refractivity contribution in [2.45, 2.75) is 12.6 Å². The number of Topliss-reactive ketones (excluding diaryl/α,β-unsaturated/α-hetero) is 1. The molecule has 1 atom stereocenters. The molecule has 5 rings (SSSR count). The van der Waals surface area contributed by atoms with E-state index in [2.05, 4.69) is 5.32 Å². The summed E-state index contributed by atoms with van der Waals surface area (Å²) in [6.07, 6.45) is 0. The average Bonchev–Trinajstić information content (AvgIpc) is 3.20. The standard InChI is InChI=1S/C32H29N3O5/c1-20-8-4-7-11-27(20)35-31(38)30(37)28(29(36)21-12-16-23(39-2)17-13-21)32(35,22-14-18-24(40-3)19-15-22)34-26-10-6-5-9-25(26)33/h4-19,34,36H,33H2,1-3H3/b29-28-. The predicted octanol–water partition coefficient (Wildman–Crippen LogP) is 5.44. The van der Waals surface area contributed by atoms with Gasteiger partial charge in [-0.1, -0.05) is 42.5 Å². The molecule has 8 heteroatoms. The highest BCUT2D eigenvalue weighted by Crippen LogP contribution is 2.49. The number of aryl methyl sites for hydroxylation is 1. The number of nitrogens with two attached hydrogens (primary N) is 1. The molecule has 202 valence electrons. The van der Waals surface area contributed by atoms with Crippen LogP contribution in [0.3, 0.4) is 0 Å². The van der Waals surface area contributed by atoms with Crippen LogP contribution in [0.5, 0.6) is 11.5 Å². The molecule has 0 aliphatic carbocycles. The van der Waals surface area contributed by atoms with Crippen molar-refractivity contribution in [2.24, 2.45) is 0 Å². The Morgan fingerprint density at radius 3 is 2.00 bits per heavy atom. The largest absolute Gasteiger partial charge is 0.507 e. The van der Waals surface area contributed by atoms with Crippen molar-refractivity contribution >= 4 is 34.5 Å². The minimum absolute atomic E-state index is 0.140. The van der Waals surface area contributed by atoms with E-state index in [-0.39, 0.29) is 11.3 Å². The number of amides is 1. The topological polar surface area (TPSA) is 114 Å². The van der Waals surface area contributed by atoms with Gasteiger partial charge in [0.25, 0.3) is 5.78 Å². The van der Waals surface area contributed by atoms with E-state index in [1.165, 1.54) is 12.0 Å². The normalized spacial score (nSPS) is 18.0. The zero-order chi connectivity index (χ0) is 28.4. The minimum atomic E-state index is -1.69. The number of nitrogen functional groups attached to an aromatic ring is 1. The number of ketones is 1. The Kier molecular flexibility index (Phi) is 6.92. The second-order valence-electron chi connectivity index (χ2n) is 9.36. The Morgan fingerprint density at radius 1 is 0.825 bits per heavy atom. The number of benzene rings is 4. The van der Waals surface area contributed by atoms with E-state index in [0.29, 0.717) is 39.7 Å². The summed E-state index contributed by atoms with van der Waals surface area (Å²) in [5, 5.41) is 15.2. The van der Waals surface area contributed by atoms with Crippen LogP contribution in [0.2, 0.25) is 0 Å². The number of nitrogens with one attached hydrogen (secondary N) is 1. The van der Waals surface area contributed by atoms with Crippen molar-refractivity contribution in [1.29, 1.82) is 0 Å². The van der Waals surface area contributed by atoms with Gasteiger partial charge in [0.15, 0.2) is 5.66 Å². The third-order valence-corrected chi connectivity index (χ3v) is 7.06. The molecule has 1 saturated heterocycles. The molecule has 1 heterocycles. The highest BCUT2D eigenvalue weighted by molar-refractivity contribution is 6.52. The van der Waals surface area contributed by atoms with Gasteiger partial charge in [0.05, 0.1) is 36.9 Å². The number of methoxy groups -OCH3 is 2. The van der Waals surface area contributed by atoms with Crippen molar-refractivity contribution in [3.05, 3.63) is 119 Å². The van der Waals surface area contributed by atoms with Gasteiger partial charge in [-0.25, -0.2) is 0 Å². The molecule has 4 aromatic carbocycles. The molecule has 8 nitrogen and oxygen atoms in total. The summed E-state index contributed by atoms with van der Waals surface area (Å²) in [6.45, 7) is 1.85. The van der Waals surface area contributed by atoms with Crippen LogP contribution >= 0.6 is 0 Å². The molecular weight excluding hydrogens is 506 g/mol. The maximum atomic E-state index is 14.0. The highest BCUT2D eigenvalue weighted by Gasteiger charge is 2.59. The number of aliphatic hydroxyl groups is 1. The summed E-state index contributed by atoms with van der Waals surface area (Å²) in [6, 6.07) is 27.9. The number of nitrogens with zero attached hydrogens (tertiary/aromatic N) is 1. The molecule has 4 aromatic rings. The van der Waals surface area contributed by atoms with E-state index in [4.69, 9.17) is 15.2 Å². The molecule has 0 aromatic heterocycles. The molecule has 0 radical (unpaired) electrons. The van der Waals surface area contributed by atoms with Crippen LogP contribution in [-0.4, -0.2) is 31.0 Å². The second kappa shape index (κ2) is 10.5. The SMILES string of the molecule is COc1ccc(/C(O)=C2\C(=O)C(=O)N(c3ccccc3C)C2(Nc2ccccc2N)c2ccc(OC)cc2)cc1. The van der Waals surface area contributed by atoms with E-state index in [1.807, 2.05) is 19.1 Å². The summed E-state index contributed by atoms with van der Waals surface area (Å²) in [5.74, 6) is -0.846. The summed E-state index contributed by atoms with van der Waals surface area (Å²) >= 11 is 0. The Morgan fingerprint density at radius 2 is 1.40 bits per heavy atom. The molecule has 1 unspecified atom stereocenters. The van der Waals surface area contributed by atoms with Crippen LogP contribution in [0.4, 0.5) is 17.1 Å². The lowest BCUT2D eigenvalue weighted by molar-refractivity contribution is -0.132. The number of hydrogen-bond donors (Lipinski definition) is 3. The van der Waals surface area contributed by atoms with Gasteiger partial charge < -0.3 is 25.6 Å². The van der Waals surface area contributed by atoms with Crippen LogP contribution < -0.4 is 25.4 Å². The van der Waals surface area contributed by atoms with E-state index < -0.39 is 17.4 Å². The quantitative estimate of drug-likeness (QED) is 0.125. The monoisotopic (exact) mass is 535 g/mol. The first-order valence-electron chi connectivity index (χ1n) is 12.6. The highest BCUT2D eigenvalue weighted by atomic mass is 16.5. The molecule has 0 spiro atoms. The van der Waals surface area contributed by atoms with Crippen LogP contribution in [0.1, 0.15) is 16.7 Å². The number of ether oxygens (including phenoxy) is 2. The second-order valence-corrected chi connectivity index (χ2v) is 9.36. The predicted molar refractivity (Wildman–Crippen MR) is 155 cm³/mol. The summed E-state index contributed by atoms with van der Waals surface area (Å²) < 4.78 is 10.6. The van der Waals surface area contributed by atoms with Crippen molar-refractivity contribution in [3.63, 3.8) is 0 Å². The summed E-state index contributed by atoms with van der Waals surface area (Å²) in [7, 11) is 3.09.